The van der Waals surface area contributed by atoms with Crippen molar-refractivity contribution in [1.29, 1.82) is 0 Å². The van der Waals surface area contributed by atoms with Crippen molar-refractivity contribution in [3.8, 4) is 0 Å². The van der Waals surface area contributed by atoms with Gasteiger partial charge in [-0.1, -0.05) is 30.3 Å². The number of aryl methyl sites for hydroxylation is 2. The van der Waals surface area contributed by atoms with E-state index in [-0.39, 0.29) is 12.1 Å². The van der Waals surface area contributed by atoms with E-state index in [0.717, 1.165) is 41.6 Å². The number of fused-ring (bicyclic) bond motifs is 3. The maximum atomic E-state index is 12.7. The lowest BCUT2D eigenvalue weighted by Gasteiger charge is -2.19. The largest absolute Gasteiger partial charge is 0.309 e. The molecule has 6 nitrogen and oxygen atoms in total. The summed E-state index contributed by atoms with van der Waals surface area (Å²) in [6, 6.07) is 9.76. The van der Waals surface area contributed by atoms with E-state index in [1.54, 1.807) is 11.3 Å². The highest BCUT2D eigenvalue weighted by atomic mass is 32.2. The van der Waals surface area contributed by atoms with Gasteiger partial charge in [-0.15, -0.1) is 11.3 Å². The topological polar surface area (TPSA) is 83.1 Å². The summed E-state index contributed by atoms with van der Waals surface area (Å²) >= 11 is 1.57. The zero-order valence-electron chi connectivity index (χ0n) is 15.8. The molecule has 1 aromatic carbocycles. The Balaban J connectivity index is 1.61. The minimum atomic E-state index is -3.43. The van der Waals surface area contributed by atoms with Gasteiger partial charge in [0.15, 0.2) is 0 Å². The Morgan fingerprint density at radius 2 is 1.93 bits per heavy atom. The second-order valence-corrected chi connectivity index (χ2v) is 10.3. The minimum Gasteiger partial charge on any atom is -0.309 e. The molecule has 2 aromatic heterocycles. The first kappa shape index (κ1) is 19.3. The van der Waals surface area contributed by atoms with Gasteiger partial charge in [0.2, 0.25) is 10.0 Å². The Bertz CT molecular complexity index is 1150. The highest BCUT2D eigenvalue weighted by Crippen LogP contribution is 2.33. The van der Waals surface area contributed by atoms with Gasteiger partial charge in [0, 0.05) is 11.4 Å². The van der Waals surface area contributed by atoms with E-state index in [2.05, 4.69) is 9.97 Å². The van der Waals surface area contributed by atoms with Crippen molar-refractivity contribution in [2.24, 2.45) is 0 Å². The Kier molecular flexibility index (Phi) is 5.35. The third kappa shape index (κ3) is 4.04. The predicted octanol–water partition coefficient (Wildman–Crippen LogP) is 2.87. The van der Waals surface area contributed by atoms with Crippen LogP contribution in [0.1, 0.15) is 34.7 Å². The number of thiophene rings is 1. The van der Waals surface area contributed by atoms with Crippen molar-refractivity contribution in [2.75, 3.05) is 12.8 Å². The zero-order valence-corrected chi connectivity index (χ0v) is 17.4. The summed E-state index contributed by atoms with van der Waals surface area (Å²) in [7, 11) is -3.43. The molecular weight excluding hydrogens is 394 g/mol. The van der Waals surface area contributed by atoms with Gasteiger partial charge in [-0.2, -0.15) is 4.31 Å². The summed E-state index contributed by atoms with van der Waals surface area (Å²) in [6.07, 6.45) is 5.96. The van der Waals surface area contributed by atoms with E-state index in [0.29, 0.717) is 24.2 Å². The Morgan fingerprint density at radius 1 is 1.18 bits per heavy atom. The number of nitrogens with zero attached hydrogens (tertiary/aromatic N) is 2. The number of benzene rings is 1. The van der Waals surface area contributed by atoms with Gasteiger partial charge in [-0.3, -0.25) is 4.79 Å². The number of aromatic nitrogens is 2. The first-order valence-electron chi connectivity index (χ1n) is 9.44. The van der Waals surface area contributed by atoms with Gasteiger partial charge in [0.25, 0.3) is 5.56 Å². The smallest absolute Gasteiger partial charge is 0.259 e. The minimum absolute atomic E-state index is 0.0689. The van der Waals surface area contributed by atoms with E-state index >= 15 is 0 Å². The predicted molar refractivity (Wildman–Crippen MR) is 112 cm³/mol. The highest BCUT2D eigenvalue weighted by Gasteiger charge is 2.22. The first-order valence-corrected chi connectivity index (χ1v) is 12.1. The second-order valence-electron chi connectivity index (χ2n) is 7.24. The zero-order chi connectivity index (χ0) is 19.7. The van der Waals surface area contributed by atoms with Gasteiger partial charge in [-0.25, -0.2) is 13.4 Å². The maximum absolute atomic E-state index is 12.7. The first-order chi connectivity index (χ1) is 13.4. The summed E-state index contributed by atoms with van der Waals surface area (Å²) in [4.78, 5) is 22.1. The van der Waals surface area contributed by atoms with Crippen LogP contribution in [0.25, 0.3) is 10.2 Å². The summed E-state index contributed by atoms with van der Waals surface area (Å²) < 4.78 is 25.9. The molecule has 2 heterocycles. The third-order valence-corrected chi connectivity index (χ3v) is 7.60. The van der Waals surface area contributed by atoms with Gasteiger partial charge >= 0.3 is 0 Å². The fourth-order valence-electron chi connectivity index (χ4n) is 3.71. The van der Waals surface area contributed by atoms with Crippen LogP contribution in [0.4, 0.5) is 0 Å². The lowest BCUT2D eigenvalue weighted by Crippen LogP contribution is -2.33. The third-order valence-electron chi connectivity index (χ3n) is 5.16. The van der Waals surface area contributed by atoms with Crippen LogP contribution in [0.5, 0.6) is 0 Å². The molecule has 8 heteroatoms. The second kappa shape index (κ2) is 7.77. The van der Waals surface area contributed by atoms with Gasteiger partial charge < -0.3 is 4.98 Å². The van der Waals surface area contributed by atoms with Crippen molar-refractivity contribution < 1.29 is 8.42 Å². The number of sulfonamides is 1. The molecule has 1 aliphatic carbocycles. The van der Waals surface area contributed by atoms with Crippen LogP contribution in [0, 0.1) is 0 Å². The molecule has 3 aromatic rings. The van der Waals surface area contributed by atoms with Crippen LogP contribution in [-0.2, 0) is 35.8 Å². The summed E-state index contributed by atoms with van der Waals surface area (Å²) in [6.45, 7) is 0.408. The molecule has 0 bridgehead atoms. The molecule has 0 fully saturated rings. The molecule has 0 saturated heterocycles. The van der Waals surface area contributed by atoms with E-state index in [1.165, 1.54) is 15.4 Å². The van der Waals surface area contributed by atoms with Gasteiger partial charge in [-0.05, 0) is 43.2 Å². The number of rotatable bonds is 6. The number of aromatic amines is 1. The van der Waals surface area contributed by atoms with Crippen LogP contribution in [0.15, 0.2) is 35.1 Å². The maximum Gasteiger partial charge on any atom is 0.259 e. The van der Waals surface area contributed by atoms with Crippen molar-refractivity contribution in [2.45, 2.75) is 38.6 Å². The number of H-pyrrole nitrogens is 1. The normalized spacial score (nSPS) is 14.5. The van der Waals surface area contributed by atoms with E-state index in [1.807, 2.05) is 30.3 Å². The monoisotopic (exact) mass is 417 g/mol. The Morgan fingerprint density at radius 3 is 2.68 bits per heavy atom. The number of hydrogen-bond donors (Lipinski definition) is 1. The van der Waals surface area contributed by atoms with Crippen molar-refractivity contribution in [3.05, 3.63) is 62.5 Å². The molecule has 4 rings (SSSR count). The van der Waals surface area contributed by atoms with Crippen LogP contribution < -0.4 is 5.56 Å². The van der Waals surface area contributed by atoms with Crippen molar-refractivity contribution in [3.63, 3.8) is 0 Å². The molecule has 0 spiro atoms. The van der Waals surface area contributed by atoms with Crippen LogP contribution in [0.2, 0.25) is 0 Å². The summed E-state index contributed by atoms with van der Waals surface area (Å²) in [5.41, 5.74) is 2.05. The molecule has 0 unspecified atom stereocenters. The lowest BCUT2D eigenvalue weighted by molar-refractivity contribution is 0.404. The molecule has 0 aliphatic heterocycles. The molecule has 1 N–H and O–H groups in total. The average molecular weight is 418 g/mol. The van der Waals surface area contributed by atoms with Crippen LogP contribution in [0.3, 0.4) is 0 Å². The SMILES string of the molecule is CS(=O)(=O)N(CCc1ccccc1)Cc1nc2sc3c(c2c(=O)[nH]1)CCCC3. The Hall–Kier alpha value is -2.03. The van der Waals surface area contributed by atoms with Crippen LogP contribution in [-0.4, -0.2) is 35.5 Å². The van der Waals surface area contributed by atoms with Crippen molar-refractivity contribution >= 4 is 31.6 Å². The van der Waals surface area contributed by atoms with E-state index < -0.39 is 10.0 Å². The molecule has 0 saturated carbocycles. The molecule has 0 atom stereocenters. The number of nitrogens with one attached hydrogen (secondary N) is 1. The van der Waals surface area contributed by atoms with Crippen molar-refractivity contribution in [1.82, 2.24) is 14.3 Å². The Labute approximate surface area is 168 Å². The van der Waals surface area contributed by atoms with Gasteiger partial charge in [0.1, 0.15) is 10.7 Å². The fraction of sp³-hybridized carbons (Fsp3) is 0.400. The fourth-order valence-corrected chi connectivity index (χ4v) is 5.77. The molecule has 0 radical (unpaired) electrons. The molecule has 28 heavy (non-hydrogen) atoms. The standard InChI is InChI=1S/C20H23N3O3S2/c1-28(25,26)23(12-11-14-7-3-2-4-8-14)13-17-21-19(24)18-15-9-5-6-10-16(15)27-20(18)22-17/h2-4,7-8H,5-6,9-13H2,1H3,(H,21,22,24). The lowest BCUT2D eigenvalue weighted by atomic mass is 9.97. The van der Waals surface area contributed by atoms with E-state index in [9.17, 15) is 13.2 Å². The average Bonchev–Trinajstić information content (AvgIpc) is 3.04. The van der Waals surface area contributed by atoms with E-state index in [4.69, 9.17) is 0 Å². The van der Waals surface area contributed by atoms with Gasteiger partial charge in [0.05, 0.1) is 18.2 Å². The summed E-state index contributed by atoms with van der Waals surface area (Å²) in [5.74, 6) is 0.398. The molecule has 1 aliphatic rings. The molecule has 0 amide bonds. The highest BCUT2D eigenvalue weighted by molar-refractivity contribution is 7.88. The number of hydrogen-bond acceptors (Lipinski definition) is 5. The summed E-state index contributed by atoms with van der Waals surface area (Å²) in [5, 5.41) is 0.693. The molecular formula is C20H23N3O3S2. The quantitative estimate of drug-likeness (QED) is 0.668. The van der Waals surface area contributed by atoms with Crippen LogP contribution >= 0.6 is 11.3 Å². The molecule has 148 valence electrons.